The molecule has 0 bridgehead atoms. The fourth-order valence-corrected chi connectivity index (χ4v) is 2.43. The molecule has 0 aliphatic carbocycles. The first-order chi connectivity index (χ1) is 9.24. The smallest absolute Gasteiger partial charge is 0.263 e. The van der Waals surface area contributed by atoms with Gasteiger partial charge in [-0.15, -0.1) is 11.3 Å². The molecule has 1 amide bonds. The van der Waals surface area contributed by atoms with Crippen LogP contribution in [0.3, 0.4) is 0 Å². The molecule has 0 saturated carbocycles. The molecule has 0 fully saturated rings. The topological polar surface area (TPSA) is 94.2 Å². The maximum Gasteiger partial charge on any atom is 0.263 e. The van der Waals surface area contributed by atoms with E-state index in [2.05, 4.69) is 35.5 Å². The van der Waals surface area contributed by atoms with E-state index in [0.29, 0.717) is 22.0 Å². The van der Waals surface area contributed by atoms with Crippen molar-refractivity contribution in [1.29, 1.82) is 5.26 Å². The van der Waals surface area contributed by atoms with E-state index in [0.717, 1.165) is 0 Å². The number of carbonyl (C=O) groups excluding carboxylic acids is 1. The Bertz CT molecular complexity index is 542. The quantitative estimate of drug-likeness (QED) is 0.761. The van der Waals surface area contributed by atoms with Crippen LogP contribution in [0.15, 0.2) is 0 Å². The number of hydrogen-bond donors (Lipinski definition) is 3. The van der Waals surface area contributed by atoms with Crippen LogP contribution in [-0.4, -0.2) is 44.0 Å². The molecular formula is C13H21N5OS. The number of nitrogen functional groups attached to an aromatic ring is 1. The molecule has 0 saturated heterocycles. The summed E-state index contributed by atoms with van der Waals surface area (Å²) in [6.07, 6.45) is 0. The maximum atomic E-state index is 11.7. The number of thiophene rings is 1. The molecule has 0 aliphatic rings. The molecular weight excluding hydrogens is 274 g/mol. The van der Waals surface area contributed by atoms with Crippen LogP contribution >= 0.6 is 11.3 Å². The minimum Gasteiger partial charge on any atom is -0.396 e. The van der Waals surface area contributed by atoms with E-state index in [1.165, 1.54) is 18.4 Å². The SMILES string of the molecule is CNC(=O)c1sc(NCC(C)(C)N(C)C)c(C#N)c1N. The van der Waals surface area contributed by atoms with Crippen molar-refractivity contribution in [2.24, 2.45) is 0 Å². The summed E-state index contributed by atoms with van der Waals surface area (Å²) in [5.41, 5.74) is 6.36. The second kappa shape index (κ2) is 6.11. The first-order valence-corrected chi connectivity index (χ1v) is 7.02. The Morgan fingerprint density at radius 2 is 2.10 bits per heavy atom. The molecule has 0 spiro atoms. The molecule has 1 heterocycles. The monoisotopic (exact) mass is 295 g/mol. The lowest BCUT2D eigenvalue weighted by molar-refractivity contribution is 0.0968. The highest BCUT2D eigenvalue weighted by atomic mass is 32.1. The molecule has 110 valence electrons. The van der Waals surface area contributed by atoms with Crippen LogP contribution in [0.5, 0.6) is 0 Å². The van der Waals surface area contributed by atoms with Gasteiger partial charge < -0.3 is 21.3 Å². The van der Waals surface area contributed by atoms with E-state index in [-0.39, 0.29) is 17.1 Å². The van der Waals surface area contributed by atoms with Crippen LogP contribution in [0.4, 0.5) is 10.7 Å². The van der Waals surface area contributed by atoms with Crippen molar-refractivity contribution in [3.8, 4) is 6.07 Å². The molecule has 0 radical (unpaired) electrons. The van der Waals surface area contributed by atoms with Crippen LogP contribution in [0.25, 0.3) is 0 Å². The number of likely N-dealkylation sites (N-methyl/N-ethyl adjacent to an activating group) is 1. The Morgan fingerprint density at radius 3 is 2.55 bits per heavy atom. The zero-order chi connectivity index (χ0) is 15.5. The van der Waals surface area contributed by atoms with Crippen molar-refractivity contribution >= 4 is 27.9 Å². The van der Waals surface area contributed by atoms with Crippen molar-refractivity contribution in [2.45, 2.75) is 19.4 Å². The molecule has 1 aromatic heterocycles. The summed E-state index contributed by atoms with van der Waals surface area (Å²) in [5, 5.41) is 15.6. The van der Waals surface area contributed by atoms with Gasteiger partial charge in [-0.3, -0.25) is 4.79 Å². The summed E-state index contributed by atoms with van der Waals surface area (Å²) >= 11 is 1.21. The Hall–Kier alpha value is -1.78. The average Bonchev–Trinajstić information content (AvgIpc) is 2.71. The van der Waals surface area contributed by atoms with E-state index in [9.17, 15) is 10.1 Å². The molecule has 4 N–H and O–H groups in total. The van der Waals surface area contributed by atoms with Crippen LogP contribution in [-0.2, 0) is 0 Å². The van der Waals surface area contributed by atoms with E-state index in [1.54, 1.807) is 0 Å². The van der Waals surface area contributed by atoms with Crippen molar-refractivity contribution in [2.75, 3.05) is 38.7 Å². The van der Waals surface area contributed by atoms with Crippen LogP contribution in [0.1, 0.15) is 29.1 Å². The van der Waals surface area contributed by atoms with Crippen LogP contribution in [0.2, 0.25) is 0 Å². The highest BCUT2D eigenvalue weighted by Crippen LogP contribution is 2.35. The van der Waals surface area contributed by atoms with Crippen molar-refractivity contribution < 1.29 is 4.79 Å². The maximum absolute atomic E-state index is 11.7. The minimum absolute atomic E-state index is 0.0847. The highest BCUT2D eigenvalue weighted by Gasteiger charge is 2.24. The molecule has 0 atom stereocenters. The van der Waals surface area contributed by atoms with Gasteiger partial charge in [-0.2, -0.15) is 5.26 Å². The van der Waals surface area contributed by atoms with Gasteiger partial charge in [-0.1, -0.05) is 0 Å². The summed E-state index contributed by atoms with van der Waals surface area (Å²) in [7, 11) is 5.52. The number of amides is 1. The lowest BCUT2D eigenvalue weighted by atomic mass is 10.0. The predicted octanol–water partition coefficient (Wildman–Crippen LogP) is 1.31. The number of anilines is 2. The Kier molecular flexibility index (Phi) is 4.98. The van der Waals surface area contributed by atoms with Gasteiger partial charge in [0, 0.05) is 19.1 Å². The van der Waals surface area contributed by atoms with Crippen LogP contribution < -0.4 is 16.4 Å². The molecule has 0 aromatic carbocycles. The van der Waals surface area contributed by atoms with Crippen molar-refractivity contribution in [3.05, 3.63) is 10.4 Å². The first kappa shape index (κ1) is 16.3. The molecule has 7 heteroatoms. The molecule has 20 heavy (non-hydrogen) atoms. The number of carbonyl (C=O) groups is 1. The van der Waals surface area contributed by atoms with E-state index >= 15 is 0 Å². The lowest BCUT2D eigenvalue weighted by Gasteiger charge is -2.32. The number of nitrogens with two attached hydrogens (primary N) is 1. The minimum atomic E-state index is -0.274. The number of nitrogens with one attached hydrogen (secondary N) is 2. The van der Waals surface area contributed by atoms with Gasteiger partial charge in [-0.25, -0.2) is 0 Å². The van der Waals surface area contributed by atoms with Crippen molar-refractivity contribution in [1.82, 2.24) is 10.2 Å². The Morgan fingerprint density at radius 1 is 1.50 bits per heavy atom. The fraction of sp³-hybridized carbons (Fsp3) is 0.538. The first-order valence-electron chi connectivity index (χ1n) is 6.20. The average molecular weight is 295 g/mol. The highest BCUT2D eigenvalue weighted by molar-refractivity contribution is 7.18. The Labute approximate surface area is 123 Å². The van der Waals surface area contributed by atoms with E-state index in [4.69, 9.17) is 5.73 Å². The molecule has 6 nitrogen and oxygen atoms in total. The zero-order valence-electron chi connectivity index (χ0n) is 12.5. The summed E-state index contributed by atoms with van der Waals surface area (Å²) in [4.78, 5) is 14.2. The third-order valence-electron chi connectivity index (χ3n) is 3.38. The molecule has 1 aromatic rings. The van der Waals surface area contributed by atoms with Gasteiger partial charge in [0.05, 0.1) is 5.69 Å². The van der Waals surface area contributed by atoms with Gasteiger partial charge in [0.25, 0.3) is 5.91 Å². The number of nitrogens with zero attached hydrogens (tertiary/aromatic N) is 2. The normalized spacial score (nSPS) is 11.2. The lowest BCUT2D eigenvalue weighted by Crippen LogP contribution is -2.44. The van der Waals surface area contributed by atoms with Gasteiger partial charge in [0.2, 0.25) is 0 Å². The van der Waals surface area contributed by atoms with Gasteiger partial charge >= 0.3 is 0 Å². The summed E-state index contributed by atoms with van der Waals surface area (Å²) < 4.78 is 0. The third-order valence-corrected chi connectivity index (χ3v) is 4.54. The van der Waals surface area contributed by atoms with Crippen LogP contribution in [0, 0.1) is 11.3 Å². The summed E-state index contributed by atoms with van der Waals surface area (Å²) in [6.45, 7) is 4.81. The van der Waals surface area contributed by atoms with E-state index in [1.807, 2.05) is 14.1 Å². The van der Waals surface area contributed by atoms with E-state index < -0.39 is 0 Å². The number of nitriles is 1. The second-order valence-electron chi connectivity index (χ2n) is 5.30. The van der Waals surface area contributed by atoms with Gasteiger partial charge in [0.15, 0.2) is 0 Å². The number of hydrogen-bond acceptors (Lipinski definition) is 6. The third kappa shape index (κ3) is 3.21. The zero-order valence-corrected chi connectivity index (χ0v) is 13.3. The van der Waals surface area contributed by atoms with Crippen molar-refractivity contribution in [3.63, 3.8) is 0 Å². The van der Waals surface area contributed by atoms with Gasteiger partial charge in [-0.05, 0) is 27.9 Å². The number of rotatable bonds is 5. The molecule has 0 aliphatic heterocycles. The summed E-state index contributed by atoms with van der Waals surface area (Å²) in [5.74, 6) is -0.274. The largest absolute Gasteiger partial charge is 0.396 e. The Balaban J connectivity index is 3.03. The standard InChI is InChI=1S/C13H21N5OS/c1-13(2,18(4)5)7-17-12-8(6-14)9(15)10(20-12)11(19)16-3/h17H,7,15H2,1-5H3,(H,16,19). The van der Waals surface area contributed by atoms with Gasteiger partial charge in [0.1, 0.15) is 21.5 Å². The molecule has 1 rings (SSSR count). The fourth-order valence-electron chi connectivity index (χ4n) is 1.42. The second-order valence-corrected chi connectivity index (χ2v) is 6.32. The summed E-state index contributed by atoms with van der Waals surface area (Å²) in [6, 6.07) is 2.06. The predicted molar refractivity (Wildman–Crippen MR) is 83.1 cm³/mol. The molecule has 0 unspecified atom stereocenters.